The fraction of sp³-hybridized carbons (Fsp3) is 0.471. The first-order valence-electron chi connectivity index (χ1n) is 8.15. The van der Waals surface area contributed by atoms with Gasteiger partial charge in [0, 0.05) is 15.7 Å². The lowest BCUT2D eigenvalue weighted by Crippen LogP contribution is -2.60. The van der Waals surface area contributed by atoms with Gasteiger partial charge >= 0.3 is 12.2 Å². The summed E-state index contributed by atoms with van der Waals surface area (Å²) < 4.78 is 11.0. The molecule has 9 heteroatoms. The van der Waals surface area contributed by atoms with E-state index in [1.54, 1.807) is 45.9 Å². The van der Waals surface area contributed by atoms with E-state index in [9.17, 15) is 14.4 Å². The summed E-state index contributed by atoms with van der Waals surface area (Å²) in [7, 11) is 0. The van der Waals surface area contributed by atoms with Crippen molar-refractivity contribution >= 4 is 39.7 Å². The third-order valence-corrected chi connectivity index (χ3v) is 4.20. The molecule has 0 bridgehead atoms. The molecular formula is C17H22BrN3O5. The topological polar surface area (TPSA) is 97.0 Å². The number of ether oxygens (including phenoxy) is 2. The van der Waals surface area contributed by atoms with E-state index in [2.05, 4.69) is 26.7 Å². The zero-order valence-electron chi connectivity index (χ0n) is 15.3. The van der Waals surface area contributed by atoms with Crippen LogP contribution in [0.25, 0.3) is 0 Å². The predicted octanol–water partition coefficient (Wildman–Crippen LogP) is 3.51. The van der Waals surface area contributed by atoms with Gasteiger partial charge in [0.2, 0.25) is 0 Å². The monoisotopic (exact) mass is 427 g/mol. The number of halogens is 1. The van der Waals surface area contributed by atoms with Gasteiger partial charge in [-0.25, -0.2) is 15.0 Å². The largest absolute Gasteiger partial charge is 0.446 e. The Morgan fingerprint density at radius 1 is 1.19 bits per heavy atom. The van der Waals surface area contributed by atoms with Gasteiger partial charge in [-0.05, 0) is 52.8 Å². The first kappa shape index (κ1) is 20.0. The first-order chi connectivity index (χ1) is 12.1. The fourth-order valence-corrected chi connectivity index (χ4v) is 2.90. The van der Waals surface area contributed by atoms with Gasteiger partial charge in [0.1, 0.15) is 0 Å². The van der Waals surface area contributed by atoms with Gasteiger partial charge in [-0.2, -0.15) is 5.01 Å². The van der Waals surface area contributed by atoms with Crippen molar-refractivity contribution in [1.29, 1.82) is 0 Å². The summed E-state index contributed by atoms with van der Waals surface area (Å²) in [5, 5.41) is 3.58. The molecule has 0 saturated heterocycles. The average Bonchev–Trinajstić information content (AvgIpc) is 2.75. The van der Waals surface area contributed by atoms with E-state index in [0.29, 0.717) is 11.3 Å². The number of nitrogens with one attached hydrogen (secondary N) is 2. The van der Waals surface area contributed by atoms with Crippen LogP contribution in [0.5, 0.6) is 0 Å². The summed E-state index contributed by atoms with van der Waals surface area (Å²) in [6.45, 7) is 8.21. The van der Waals surface area contributed by atoms with Gasteiger partial charge < -0.3 is 14.8 Å². The highest BCUT2D eigenvalue weighted by Gasteiger charge is 2.51. The van der Waals surface area contributed by atoms with E-state index in [0.717, 1.165) is 9.48 Å². The number of hydrogen-bond acceptors (Lipinski definition) is 5. The number of rotatable bonds is 3. The van der Waals surface area contributed by atoms with Crippen LogP contribution < -0.4 is 10.7 Å². The van der Waals surface area contributed by atoms with E-state index in [1.807, 2.05) is 0 Å². The van der Waals surface area contributed by atoms with E-state index in [1.165, 1.54) is 6.92 Å². The quantitative estimate of drug-likeness (QED) is 0.719. The normalized spacial score (nSPS) is 18.4. The van der Waals surface area contributed by atoms with Crippen molar-refractivity contribution in [3.05, 3.63) is 28.2 Å². The van der Waals surface area contributed by atoms with Crippen LogP contribution in [-0.2, 0) is 19.8 Å². The molecule has 0 unspecified atom stereocenters. The summed E-state index contributed by atoms with van der Waals surface area (Å²) in [4.78, 5) is 37.5. The Bertz CT molecular complexity index is 737. The summed E-state index contributed by atoms with van der Waals surface area (Å²) in [5.74, 6) is -0.476. The van der Waals surface area contributed by atoms with Crippen molar-refractivity contribution in [2.24, 2.45) is 0 Å². The Balaban J connectivity index is 2.46. The number of carbonyl (C=O) groups is 3. The van der Waals surface area contributed by atoms with Crippen molar-refractivity contribution in [1.82, 2.24) is 10.4 Å². The molecule has 0 aliphatic carbocycles. The highest BCUT2D eigenvalue weighted by molar-refractivity contribution is 9.10. The molecule has 0 saturated carbocycles. The molecule has 2 rings (SSSR count). The molecule has 0 radical (unpaired) electrons. The van der Waals surface area contributed by atoms with Gasteiger partial charge in [0.05, 0.1) is 12.2 Å². The average molecular weight is 428 g/mol. The number of nitrogens with zero attached hydrogens (tertiary/aromatic N) is 1. The lowest BCUT2D eigenvalue weighted by molar-refractivity contribution is -0.127. The molecule has 1 aliphatic heterocycles. The summed E-state index contributed by atoms with van der Waals surface area (Å²) in [5.41, 5.74) is 1.90. The highest BCUT2D eigenvalue weighted by atomic mass is 79.9. The molecule has 1 heterocycles. The number of benzene rings is 1. The fourth-order valence-electron chi connectivity index (χ4n) is 2.54. The second-order valence-electron chi connectivity index (χ2n) is 6.55. The number of anilines is 1. The molecule has 2 N–H and O–H groups in total. The third-order valence-electron chi connectivity index (χ3n) is 3.71. The Morgan fingerprint density at radius 3 is 2.38 bits per heavy atom. The molecule has 1 aromatic rings. The standard InChI is InChI=1S/C17H22BrN3O5/c1-9(2)25-15(23)20-21(16(24)26-10(3)4)17(5)12-8-11(18)6-7-13(12)19-14(17)22/h6-10H,1-5H3,(H,19,22)(H,20,23)/t17-/m0/s1. The number of hydrazine groups is 1. The molecule has 0 fully saturated rings. The van der Waals surface area contributed by atoms with Gasteiger partial charge in [0.15, 0.2) is 5.54 Å². The van der Waals surface area contributed by atoms with Crippen molar-refractivity contribution < 1.29 is 23.9 Å². The maximum absolute atomic E-state index is 12.7. The zero-order valence-corrected chi connectivity index (χ0v) is 16.8. The lowest BCUT2D eigenvalue weighted by atomic mass is 9.93. The van der Waals surface area contributed by atoms with E-state index in [4.69, 9.17) is 9.47 Å². The summed E-state index contributed by atoms with van der Waals surface area (Å²) in [6, 6.07) is 5.18. The van der Waals surface area contributed by atoms with E-state index >= 15 is 0 Å². The summed E-state index contributed by atoms with van der Waals surface area (Å²) in [6.07, 6.45) is -2.57. The first-order valence-corrected chi connectivity index (χ1v) is 8.94. The minimum atomic E-state index is -1.51. The second-order valence-corrected chi connectivity index (χ2v) is 7.47. The van der Waals surface area contributed by atoms with Crippen molar-refractivity contribution in [2.75, 3.05) is 5.32 Å². The molecule has 1 aromatic carbocycles. The predicted molar refractivity (Wildman–Crippen MR) is 98.3 cm³/mol. The SMILES string of the molecule is CC(C)OC(=O)NN(C(=O)OC(C)C)[C@]1(C)C(=O)Nc2ccc(Br)cc21. The molecular weight excluding hydrogens is 406 g/mol. The van der Waals surface area contributed by atoms with Gasteiger partial charge in [0.25, 0.3) is 5.91 Å². The Hall–Kier alpha value is -2.29. The number of hydrogen-bond donors (Lipinski definition) is 2. The number of carbonyl (C=O) groups excluding carboxylic acids is 3. The van der Waals surface area contributed by atoms with Crippen LogP contribution in [0.1, 0.15) is 40.2 Å². The van der Waals surface area contributed by atoms with Crippen LogP contribution in [0.3, 0.4) is 0 Å². The van der Waals surface area contributed by atoms with Crippen LogP contribution >= 0.6 is 15.9 Å². The van der Waals surface area contributed by atoms with Gasteiger partial charge in [-0.15, -0.1) is 0 Å². The number of amides is 3. The molecule has 1 atom stereocenters. The maximum atomic E-state index is 12.7. The van der Waals surface area contributed by atoms with Gasteiger partial charge in [-0.1, -0.05) is 15.9 Å². The second kappa shape index (κ2) is 7.53. The van der Waals surface area contributed by atoms with Crippen molar-refractivity contribution in [3.8, 4) is 0 Å². The molecule has 142 valence electrons. The van der Waals surface area contributed by atoms with Crippen LogP contribution in [0.4, 0.5) is 15.3 Å². The lowest BCUT2D eigenvalue weighted by Gasteiger charge is -2.35. The molecule has 0 aromatic heterocycles. The molecule has 8 nitrogen and oxygen atoms in total. The maximum Gasteiger partial charge on any atom is 0.430 e. The molecule has 1 aliphatic rings. The third kappa shape index (κ3) is 3.92. The molecule has 0 spiro atoms. The Morgan fingerprint density at radius 2 is 1.81 bits per heavy atom. The van der Waals surface area contributed by atoms with E-state index in [-0.39, 0.29) is 0 Å². The van der Waals surface area contributed by atoms with Crippen LogP contribution in [0.2, 0.25) is 0 Å². The minimum absolute atomic E-state index is 0.399. The zero-order chi connectivity index (χ0) is 19.6. The van der Waals surface area contributed by atoms with Crippen LogP contribution in [-0.4, -0.2) is 35.3 Å². The summed E-state index contributed by atoms with van der Waals surface area (Å²) >= 11 is 3.36. The van der Waals surface area contributed by atoms with E-state index < -0.39 is 35.8 Å². The molecule has 3 amide bonds. The Labute approximate surface area is 160 Å². The van der Waals surface area contributed by atoms with Crippen LogP contribution in [0.15, 0.2) is 22.7 Å². The molecule has 26 heavy (non-hydrogen) atoms. The number of fused-ring (bicyclic) bond motifs is 1. The Kier molecular flexibility index (Phi) is 5.80. The van der Waals surface area contributed by atoms with Crippen molar-refractivity contribution in [2.45, 2.75) is 52.4 Å². The van der Waals surface area contributed by atoms with Crippen molar-refractivity contribution in [3.63, 3.8) is 0 Å². The van der Waals surface area contributed by atoms with Gasteiger partial charge in [-0.3, -0.25) is 4.79 Å². The van der Waals surface area contributed by atoms with Crippen LogP contribution in [0, 0.1) is 0 Å². The minimum Gasteiger partial charge on any atom is -0.446 e. The highest BCUT2D eigenvalue weighted by Crippen LogP contribution is 2.41. The smallest absolute Gasteiger partial charge is 0.430 e.